The molecule has 1 unspecified atom stereocenters. The number of hydrogen-bond acceptors (Lipinski definition) is 3. The number of rotatable bonds is 6. The van der Waals surface area contributed by atoms with Crippen LogP contribution in [0.25, 0.3) is 0 Å². The monoisotopic (exact) mass is 270 g/mol. The van der Waals surface area contributed by atoms with Crippen LogP contribution in [0.1, 0.15) is 24.5 Å². The molecule has 0 radical (unpaired) electrons. The molecule has 98 valence electrons. The van der Waals surface area contributed by atoms with Gasteiger partial charge in [-0.05, 0) is 36.5 Å². The molecule has 1 atom stereocenters. The summed E-state index contributed by atoms with van der Waals surface area (Å²) in [6.45, 7) is -0.287. The van der Waals surface area contributed by atoms with Crippen LogP contribution in [0.5, 0.6) is 5.75 Å². The van der Waals surface area contributed by atoms with Crippen molar-refractivity contribution in [2.45, 2.75) is 18.9 Å². The summed E-state index contributed by atoms with van der Waals surface area (Å²) in [5.41, 5.74) is 0.907. The van der Waals surface area contributed by atoms with Crippen molar-refractivity contribution in [3.05, 3.63) is 28.8 Å². The largest absolute Gasteiger partial charge is 0.495 e. The molecule has 5 heteroatoms. The van der Waals surface area contributed by atoms with Gasteiger partial charge in [0.05, 0.1) is 18.2 Å². The molecule has 0 heterocycles. The van der Waals surface area contributed by atoms with E-state index in [1.165, 1.54) is 0 Å². The lowest BCUT2D eigenvalue weighted by atomic mass is 10.1. The van der Waals surface area contributed by atoms with Gasteiger partial charge in [0, 0.05) is 0 Å². The van der Waals surface area contributed by atoms with Gasteiger partial charge in [0.2, 0.25) is 0 Å². The first-order valence-electron chi connectivity index (χ1n) is 5.78. The maximum atomic E-state index is 10.6. The molecule has 1 saturated carbocycles. The smallest absolute Gasteiger partial charge is 0.329 e. The number of carboxylic acid groups (broad SMARTS) is 1. The summed E-state index contributed by atoms with van der Waals surface area (Å²) in [7, 11) is 1.56. The van der Waals surface area contributed by atoms with Crippen molar-refractivity contribution in [1.82, 2.24) is 0 Å². The van der Waals surface area contributed by atoms with Gasteiger partial charge in [0.15, 0.2) is 0 Å². The van der Waals surface area contributed by atoms with Gasteiger partial charge in [-0.15, -0.1) is 0 Å². The van der Waals surface area contributed by atoms with Gasteiger partial charge in [0.25, 0.3) is 0 Å². The summed E-state index contributed by atoms with van der Waals surface area (Å²) < 4.78 is 10.5. The van der Waals surface area contributed by atoms with Crippen molar-refractivity contribution in [2.75, 3.05) is 13.7 Å². The molecule has 0 saturated heterocycles. The quantitative estimate of drug-likeness (QED) is 0.863. The van der Waals surface area contributed by atoms with Crippen LogP contribution in [-0.4, -0.2) is 24.8 Å². The van der Waals surface area contributed by atoms with Gasteiger partial charge >= 0.3 is 5.97 Å². The molecule has 18 heavy (non-hydrogen) atoms. The van der Waals surface area contributed by atoms with E-state index in [2.05, 4.69) is 0 Å². The minimum atomic E-state index is -0.958. The van der Waals surface area contributed by atoms with E-state index in [4.69, 9.17) is 26.2 Å². The SMILES string of the molecule is COc1ccc(C(OCC(=O)O)C2CC2)cc1Cl. The fraction of sp³-hybridized carbons (Fsp3) is 0.462. The van der Waals surface area contributed by atoms with E-state index in [1.54, 1.807) is 19.2 Å². The Morgan fingerprint density at radius 1 is 1.56 bits per heavy atom. The summed E-state index contributed by atoms with van der Waals surface area (Å²) in [6, 6.07) is 5.43. The Balaban J connectivity index is 2.14. The molecule has 0 aliphatic heterocycles. The third-order valence-electron chi connectivity index (χ3n) is 2.94. The lowest BCUT2D eigenvalue weighted by Crippen LogP contribution is -2.13. The van der Waals surface area contributed by atoms with Crippen LogP contribution in [0.15, 0.2) is 18.2 Å². The van der Waals surface area contributed by atoms with E-state index in [0.717, 1.165) is 18.4 Å². The highest BCUT2D eigenvalue weighted by atomic mass is 35.5. The Hall–Kier alpha value is -1.26. The topological polar surface area (TPSA) is 55.8 Å². The summed E-state index contributed by atoms with van der Waals surface area (Å²) in [5, 5.41) is 9.19. The molecule has 1 aliphatic rings. The van der Waals surface area contributed by atoms with Crippen LogP contribution in [-0.2, 0) is 9.53 Å². The Kier molecular flexibility index (Phi) is 4.09. The third kappa shape index (κ3) is 3.15. The average Bonchev–Trinajstić information content (AvgIpc) is 3.13. The summed E-state index contributed by atoms with van der Waals surface area (Å²) in [5.74, 6) is 0.0438. The van der Waals surface area contributed by atoms with E-state index < -0.39 is 5.97 Å². The molecule has 2 rings (SSSR count). The zero-order valence-electron chi connectivity index (χ0n) is 10.1. The van der Waals surface area contributed by atoms with Crippen molar-refractivity contribution in [3.63, 3.8) is 0 Å². The van der Waals surface area contributed by atoms with E-state index in [9.17, 15) is 4.79 Å². The molecule has 1 fully saturated rings. The molecule has 4 nitrogen and oxygen atoms in total. The fourth-order valence-electron chi connectivity index (χ4n) is 1.92. The Morgan fingerprint density at radius 3 is 2.78 bits per heavy atom. The molecule has 1 aromatic carbocycles. The Morgan fingerprint density at radius 2 is 2.28 bits per heavy atom. The average molecular weight is 271 g/mol. The first-order chi connectivity index (χ1) is 8.61. The standard InChI is InChI=1S/C13H15ClO4/c1-17-11-5-4-9(6-10(11)14)13(8-2-3-8)18-7-12(15)16/h4-6,8,13H,2-3,7H2,1H3,(H,15,16). The Labute approximate surface area is 110 Å². The highest BCUT2D eigenvalue weighted by Crippen LogP contribution is 2.44. The zero-order valence-corrected chi connectivity index (χ0v) is 10.8. The van der Waals surface area contributed by atoms with Crippen LogP contribution >= 0.6 is 11.6 Å². The van der Waals surface area contributed by atoms with Crippen molar-refractivity contribution >= 4 is 17.6 Å². The van der Waals surface area contributed by atoms with Crippen LogP contribution in [0, 0.1) is 5.92 Å². The number of ether oxygens (including phenoxy) is 2. The number of carboxylic acids is 1. The van der Waals surface area contributed by atoms with Gasteiger partial charge in [0.1, 0.15) is 12.4 Å². The maximum Gasteiger partial charge on any atom is 0.329 e. The molecule has 1 N–H and O–H groups in total. The number of hydrogen-bond donors (Lipinski definition) is 1. The van der Waals surface area contributed by atoms with Crippen molar-refractivity contribution in [2.24, 2.45) is 5.92 Å². The minimum Gasteiger partial charge on any atom is -0.495 e. The van der Waals surface area contributed by atoms with E-state index >= 15 is 0 Å². The van der Waals surface area contributed by atoms with E-state index in [-0.39, 0.29) is 12.7 Å². The molecule has 1 aliphatic carbocycles. The molecular weight excluding hydrogens is 256 g/mol. The summed E-state index contributed by atoms with van der Waals surface area (Å²) in [6.07, 6.45) is 1.94. The predicted octanol–water partition coefficient (Wildman–Crippen LogP) is 2.90. The second-order valence-electron chi connectivity index (χ2n) is 4.36. The molecule has 0 amide bonds. The highest BCUT2D eigenvalue weighted by molar-refractivity contribution is 6.32. The van der Waals surface area contributed by atoms with E-state index in [1.807, 2.05) is 6.07 Å². The summed E-state index contributed by atoms with van der Waals surface area (Å²) in [4.78, 5) is 10.6. The number of carbonyl (C=O) groups is 1. The van der Waals surface area contributed by atoms with Gasteiger partial charge in [-0.25, -0.2) is 4.79 Å². The second-order valence-corrected chi connectivity index (χ2v) is 4.76. The van der Waals surface area contributed by atoms with Crippen LogP contribution in [0.2, 0.25) is 5.02 Å². The number of methoxy groups -OCH3 is 1. The Bertz CT molecular complexity index is 443. The van der Waals surface area contributed by atoms with Gasteiger partial charge < -0.3 is 14.6 Å². The molecule has 1 aromatic rings. The normalized spacial score (nSPS) is 16.3. The van der Waals surface area contributed by atoms with Gasteiger partial charge in [-0.1, -0.05) is 17.7 Å². The van der Waals surface area contributed by atoms with Crippen LogP contribution < -0.4 is 4.74 Å². The van der Waals surface area contributed by atoms with Crippen LogP contribution in [0.3, 0.4) is 0 Å². The molecule has 0 bridgehead atoms. The maximum absolute atomic E-state index is 10.6. The zero-order chi connectivity index (χ0) is 13.1. The fourth-order valence-corrected chi connectivity index (χ4v) is 2.19. The van der Waals surface area contributed by atoms with E-state index in [0.29, 0.717) is 16.7 Å². The number of benzene rings is 1. The highest BCUT2D eigenvalue weighted by Gasteiger charge is 2.33. The first-order valence-corrected chi connectivity index (χ1v) is 6.16. The van der Waals surface area contributed by atoms with Gasteiger partial charge in [-0.3, -0.25) is 0 Å². The van der Waals surface area contributed by atoms with Crippen LogP contribution in [0.4, 0.5) is 0 Å². The van der Waals surface area contributed by atoms with Gasteiger partial charge in [-0.2, -0.15) is 0 Å². The third-order valence-corrected chi connectivity index (χ3v) is 3.24. The first kappa shape index (κ1) is 13.2. The van der Waals surface area contributed by atoms with Crippen molar-refractivity contribution in [1.29, 1.82) is 0 Å². The molecule has 0 spiro atoms. The lowest BCUT2D eigenvalue weighted by Gasteiger charge is -2.17. The second kappa shape index (κ2) is 5.59. The lowest BCUT2D eigenvalue weighted by molar-refractivity contribution is -0.145. The number of halogens is 1. The van der Waals surface area contributed by atoms with Crippen molar-refractivity contribution in [3.8, 4) is 5.75 Å². The summed E-state index contributed by atoms with van der Waals surface area (Å²) >= 11 is 6.06. The molecular formula is C13H15ClO4. The van der Waals surface area contributed by atoms with Crippen molar-refractivity contribution < 1.29 is 19.4 Å². The molecule has 0 aromatic heterocycles. The minimum absolute atomic E-state index is 0.190. The number of aliphatic carboxylic acids is 1. The predicted molar refractivity (Wildman–Crippen MR) is 67.1 cm³/mol.